The molecule has 32 heavy (non-hydrogen) atoms. The largest absolute Gasteiger partial charge is 0.492 e. The molecule has 0 unspecified atom stereocenters. The van der Waals surface area contributed by atoms with Gasteiger partial charge in [0.1, 0.15) is 18.4 Å². The molecule has 0 bridgehead atoms. The first-order valence-corrected chi connectivity index (χ1v) is 10.3. The van der Waals surface area contributed by atoms with E-state index < -0.39 is 18.1 Å². The summed E-state index contributed by atoms with van der Waals surface area (Å²) < 4.78 is 8.47. The number of carboxylic acids is 1. The zero-order valence-corrected chi connectivity index (χ0v) is 17.1. The predicted octanol–water partition coefficient (Wildman–Crippen LogP) is 2.54. The lowest BCUT2D eigenvalue weighted by molar-refractivity contribution is -0.138. The van der Waals surface area contributed by atoms with Crippen LogP contribution in [0.1, 0.15) is 24.1 Å². The number of hydrogen-bond acceptors (Lipinski definition) is 6. The van der Waals surface area contributed by atoms with E-state index >= 15 is 0 Å². The highest BCUT2D eigenvalue weighted by atomic mass is 16.5. The quantitative estimate of drug-likeness (QED) is 0.479. The number of fused-ring (bicyclic) bond motifs is 2. The summed E-state index contributed by atoms with van der Waals surface area (Å²) in [6.45, 7) is 0.315. The summed E-state index contributed by atoms with van der Waals surface area (Å²) in [4.78, 5) is 23.8. The zero-order valence-electron chi connectivity index (χ0n) is 17.1. The second-order valence-electron chi connectivity index (χ2n) is 7.95. The molecule has 0 radical (unpaired) electrons. The summed E-state index contributed by atoms with van der Waals surface area (Å²) in [5.74, 6) is -0.0285. The lowest BCUT2D eigenvalue weighted by Crippen LogP contribution is -2.28. The third kappa shape index (κ3) is 3.78. The number of benzene rings is 2. The van der Waals surface area contributed by atoms with Crippen molar-refractivity contribution < 1.29 is 14.6 Å². The first kappa shape index (κ1) is 19.8. The average molecular weight is 429 g/mol. The van der Waals surface area contributed by atoms with E-state index in [-0.39, 0.29) is 6.54 Å². The van der Waals surface area contributed by atoms with Gasteiger partial charge in [0.2, 0.25) is 0 Å². The van der Waals surface area contributed by atoms with Crippen molar-refractivity contribution in [2.24, 2.45) is 5.92 Å². The number of rotatable bonds is 7. The highest BCUT2D eigenvalue weighted by molar-refractivity contribution is 5.84. The van der Waals surface area contributed by atoms with Crippen molar-refractivity contribution in [3.63, 3.8) is 0 Å². The Morgan fingerprint density at radius 3 is 2.72 bits per heavy atom. The summed E-state index contributed by atoms with van der Waals surface area (Å²) >= 11 is 0. The SMILES string of the molecule is N#Cc1cc2nn(Cc3nn(CC(=O)O)c(=O)c4ccccc34)cc2cc1OCC1CC1. The van der Waals surface area contributed by atoms with Gasteiger partial charge in [0.05, 0.1) is 35.3 Å². The molecule has 1 aliphatic carbocycles. The van der Waals surface area contributed by atoms with E-state index in [1.165, 1.54) is 0 Å². The molecule has 2 aromatic heterocycles. The number of carbonyl (C=O) groups is 1. The van der Waals surface area contributed by atoms with Crippen molar-refractivity contribution in [1.82, 2.24) is 19.6 Å². The van der Waals surface area contributed by atoms with Crippen LogP contribution in [0.5, 0.6) is 5.75 Å². The van der Waals surface area contributed by atoms with Gasteiger partial charge in [0, 0.05) is 17.0 Å². The van der Waals surface area contributed by atoms with Gasteiger partial charge < -0.3 is 9.84 Å². The number of hydrogen-bond donors (Lipinski definition) is 1. The molecule has 0 spiro atoms. The van der Waals surface area contributed by atoms with Gasteiger partial charge in [-0.2, -0.15) is 15.5 Å². The van der Waals surface area contributed by atoms with Crippen LogP contribution in [0.3, 0.4) is 0 Å². The molecular formula is C23H19N5O4. The normalized spacial score (nSPS) is 13.3. The molecule has 1 N–H and O–H groups in total. The molecule has 0 atom stereocenters. The van der Waals surface area contributed by atoms with Crippen molar-refractivity contribution in [3.05, 3.63) is 64.2 Å². The van der Waals surface area contributed by atoms with Gasteiger partial charge in [-0.1, -0.05) is 18.2 Å². The second-order valence-corrected chi connectivity index (χ2v) is 7.95. The molecular weight excluding hydrogens is 410 g/mol. The van der Waals surface area contributed by atoms with Crippen LogP contribution in [0.15, 0.2) is 47.4 Å². The van der Waals surface area contributed by atoms with Crippen LogP contribution in [0.4, 0.5) is 0 Å². The highest BCUT2D eigenvalue weighted by Crippen LogP contribution is 2.31. The van der Waals surface area contributed by atoms with Crippen LogP contribution >= 0.6 is 0 Å². The molecule has 0 amide bonds. The van der Waals surface area contributed by atoms with Crippen molar-refractivity contribution in [2.75, 3.05) is 6.61 Å². The predicted molar refractivity (Wildman–Crippen MR) is 115 cm³/mol. The van der Waals surface area contributed by atoms with Crippen LogP contribution < -0.4 is 10.3 Å². The lowest BCUT2D eigenvalue weighted by Gasteiger charge is -2.09. The third-order valence-corrected chi connectivity index (χ3v) is 5.49. The molecule has 9 nitrogen and oxygen atoms in total. The van der Waals surface area contributed by atoms with E-state index in [1.54, 1.807) is 35.0 Å². The first-order valence-electron chi connectivity index (χ1n) is 10.3. The van der Waals surface area contributed by atoms with Crippen LogP contribution in [0.25, 0.3) is 21.7 Å². The molecule has 160 valence electrons. The highest BCUT2D eigenvalue weighted by Gasteiger charge is 2.23. The number of nitriles is 1. The summed E-state index contributed by atoms with van der Waals surface area (Å²) in [5.41, 5.74) is 1.15. The van der Waals surface area contributed by atoms with E-state index in [0.29, 0.717) is 45.8 Å². The Morgan fingerprint density at radius 1 is 1.22 bits per heavy atom. The van der Waals surface area contributed by atoms with Gasteiger partial charge in [-0.25, -0.2) is 4.68 Å². The summed E-state index contributed by atoms with van der Waals surface area (Å²) in [5, 5.41) is 29.3. The monoisotopic (exact) mass is 429 g/mol. The molecule has 2 heterocycles. The lowest BCUT2D eigenvalue weighted by atomic mass is 10.1. The summed E-state index contributed by atoms with van der Waals surface area (Å²) in [6, 6.07) is 12.7. The van der Waals surface area contributed by atoms with Gasteiger partial charge in [0.25, 0.3) is 5.56 Å². The second kappa shape index (κ2) is 7.81. The smallest absolute Gasteiger partial charge is 0.325 e. The van der Waals surface area contributed by atoms with Crippen LogP contribution in [0, 0.1) is 17.2 Å². The van der Waals surface area contributed by atoms with Gasteiger partial charge in [0.15, 0.2) is 0 Å². The minimum atomic E-state index is -1.14. The van der Waals surface area contributed by atoms with Gasteiger partial charge in [-0.3, -0.25) is 14.3 Å². The number of aromatic nitrogens is 4. The fraction of sp³-hybridized carbons (Fsp3) is 0.261. The molecule has 4 aromatic rings. The first-order chi connectivity index (χ1) is 15.5. The molecule has 1 aliphatic rings. The molecule has 1 fully saturated rings. The Labute approximate surface area is 182 Å². The maximum absolute atomic E-state index is 12.6. The maximum Gasteiger partial charge on any atom is 0.325 e. The number of ether oxygens (including phenoxy) is 1. The Kier molecular flexibility index (Phi) is 4.82. The molecule has 2 aromatic carbocycles. The van der Waals surface area contributed by atoms with Crippen molar-refractivity contribution in [2.45, 2.75) is 25.9 Å². The van der Waals surface area contributed by atoms with E-state index in [9.17, 15) is 14.9 Å². The van der Waals surface area contributed by atoms with E-state index in [0.717, 1.165) is 22.9 Å². The van der Waals surface area contributed by atoms with E-state index in [4.69, 9.17) is 9.84 Å². The average Bonchev–Trinajstić information content (AvgIpc) is 3.53. The zero-order chi connectivity index (χ0) is 22.2. The van der Waals surface area contributed by atoms with Crippen molar-refractivity contribution in [3.8, 4) is 11.8 Å². The Bertz CT molecular complexity index is 1460. The minimum absolute atomic E-state index is 0.231. The molecule has 5 rings (SSSR count). The number of nitrogens with zero attached hydrogens (tertiary/aromatic N) is 5. The van der Waals surface area contributed by atoms with E-state index in [1.807, 2.05) is 12.3 Å². The maximum atomic E-state index is 12.6. The fourth-order valence-corrected chi connectivity index (χ4v) is 3.69. The van der Waals surface area contributed by atoms with Gasteiger partial charge in [-0.05, 0) is 37.0 Å². The van der Waals surface area contributed by atoms with Crippen molar-refractivity contribution in [1.29, 1.82) is 5.26 Å². The van der Waals surface area contributed by atoms with Gasteiger partial charge >= 0.3 is 5.97 Å². The van der Waals surface area contributed by atoms with Crippen molar-refractivity contribution >= 4 is 27.6 Å². The van der Waals surface area contributed by atoms with E-state index in [2.05, 4.69) is 16.3 Å². The molecule has 9 heteroatoms. The molecule has 0 aliphatic heterocycles. The Morgan fingerprint density at radius 2 is 2.00 bits per heavy atom. The summed E-state index contributed by atoms with van der Waals surface area (Å²) in [7, 11) is 0. The minimum Gasteiger partial charge on any atom is -0.492 e. The third-order valence-electron chi connectivity index (χ3n) is 5.49. The van der Waals surface area contributed by atoms with Crippen LogP contribution in [0.2, 0.25) is 0 Å². The topological polar surface area (TPSA) is 123 Å². The fourth-order valence-electron chi connectivity index (χ4n) is 3.69. The molecule has 1 saturated carbocycles. The summed E-state index contributed by atoms with van der Waals surface area (Å²) in [6.07, 6.45) is 4.14. The Hall–Kier alpha value is -4.19. The molecule has 0 saturated heterocycles. The number of aliphatic carboxylic acids is 1. The standard InChI is InChI=1S/C23H19N5O4/c24-9-15-7-19-16(8-21(15)32-13-14-5-6-14)10-27(25-19)11-20-17-3-1-2-4-18(17)23(31)28(26-20)12-22(29)30/h1-4,7-8,10,14H,5-6,11-13H2,(H,29,30). The van der Waals surface area contributed by atoms with Crippen LogP contribution in [-0.4, -0.2) is 37.2 Å². The Balaban J connectivity index is 1.53. The van der Waals surface area contributed by atoms with Crippen LogP contribution in [-0.2, 0) is 17.9 Å². The number of carboxylic acid groups (broad SMARTS) is 1. The van der Waals surface area contributed by atoms with Gasteiger partial charge in [-0.15, -0.1) is 0 Å².